The highest BCUT2D eigenvalue weighted by atomic mass is 16.6. The second kappa shape index (κ2) is 44.1. The Morgan fingerprint density at radius 2 is 0.855 bits per heavy atom. The number of carbonyl (C=O) groups is 3. The summed E-state index contributed by atoms with van der Waals surface area (Å²) in [6.07, 6.45) is 57.7. The number of rotatable bonds is 43. The quantitative estimate of drug-likeness (QED) is 0.0282. The van der Waals surface area contributed by atoms with Gasteiger partial charge in [0.15, 0.2) is 12.1 Å². The summed E-state index contributed by atoms with van der Waals surface area (Å²) in [6, 6.07) is -0.628. The van der Waals surface area contributed by atoms with Gasteiger partial charge in [0.05, 0.1) is 34.4 Å². The van der Waals surface area contributed by atoms with Gasteiger partial charge in [-0.05, 0) is 96.3 Å². The van der Waals surface area contributed by atoms with Gasteiger partial charge in [0.1, 0.15) is 6.61 Å². The van der Waals surface area contributed by atoms with Crippen LogP contribution in [0.4, 0.5) is 0 Å². The Kier molecular flexibility index (Phi) is 41.6. The van der Waals surface area contributed by atoms with Crippen molar-refractivity contribution in [2.24, 2.45) is 0 Å². The smallest absolute Gasteiger partial charge is 0.362 e. The molecule has 0 saturated heterocycles. The Balaban J connectivity index is 4.39. The number of hydrogen-bond acceptors (Lipinski definition) is 6. The van der Waals surface area contributed by atoms with Crippen LogP contribution < -0.4 is 0 Å². The van der Waals surface area contributed by atoms with Gasteiger partial charge in [-0.25, -0.2) is 4.79 Å². The predicted molar refractivity (Wildman–Crippen MR) is 261 cm³/mol. The molecule has 0 aromatic heterocycles. The first-order valence-electron chi connectivity index (χ1n) is 24.6. The van der Waals surface area contributed by atoms with Gasteiger partial charge >= 0.3 is 17.9 Å². The Morgan fingerprint density at radius 1 is 0.484 bits per heavy atom. The van der Waals surface area contributed by atoms with Crippen molar-refractivity contribution in [1.82, 2.24) is 0 Å². The van der Waals surface area contributed by atoms with E-state index < -0.39 is 18.1 Å². The van der Waals surface area contributed by atoms with Crippen LogP contribution in [-0.4, -0.2) is 80.6 Å². The predicted octanol–water partition coefficient (Wildman–Crippen LogP) is 14.1. The first-order chi connectivity index (χ1) is 30.1. The second-order valence-electron chi connectivity index (χ2n) is 17.4. The van der Waals surface area contributed by atoms with Crippen LogP contribution in [0.25, 0.3) is 0 Å². The Hall–Kier alpha value is -3.49. The van der Waals surface area contributed by atoms with Gasteiger partial charge in [0.25, 0.3) is 0 Å². The Bertz CT molecular complexity index is 1290. The number of hydrogen-bond donors (Lipinski definition) is 1. The number of ether oxygens (including phenoxy) is 3. The molecule has 62 heavy (non-hydrogen) atoms. The van der Waals surface area contributed by atoms with Crippen molar-refractivity contribution < 1.29 is 38.2 Å². The fourth-order valence-electron chi connectivity index (χ4n) is 6.67. The van der Waals surface area contributed by atoms with E-state index >= 15 is 0 Å². The molecule has 0 rings (SSSR count). The number of allylic oxidation sites excluding steroid dienone is 14. The maximum absolute atomic E-state index is 12.8. The largest absolute Gasteiger partial charge is 0.477 e. The van der Waals surface area contributed by atoms with E-state index in [0.717, 1.165) is 70.6 Å². The molecule has 0 aliphatic carbocycles. The normalized spacial score (nSPS) is 13.6. The van der Waals surface area contributed by atoms with E-state index in [1.807, 2.05) is 21.1 Å². The highest BCUT2D eigenvalue weighted by molar-refractivity contribution is 5.72. The summed E-state index contributed by atoms with van der Waals surface area (Å²) in [6.45, 7) is 4.62. The lowest BCUT2D eigenvalue weighted by molar-refractivity contribution is -0.887. The Labute approximate surface area is 380 Å². The molecule has 0 aromatic carbocycles. The van der Waals surface area contributed by atoms with Crippen LogP contribution in [0, 0.1) is 0 Å². The van der Waals surface area contributed by atoms with Crippen LogP contribution >= 0.6 is 0 Å². The average molecular weight is 867 g/mol. The molecule has 8 heteroatoms. The monoisotopic (exact) mass is 867 g/mol. The van der Waals surface area contributed by atoms with Crippen molar-refractivity contribution in [3.05, 3.63) is 85.1 Å². The number of carboxylic acid groups (broad SMARTS) is 1. The van der Waals surface area contributed by atoms with E-state index in [9.17, 15) is 19.5 Å². The summed E-state index contributed by atoms with van der Waals surface area (Å²) in [5, 5.41) is 9.64. The first kappa shape index (κ1) is 58.5. The number of aliphatic carboxylic acids is 1. The van der Waals surface area contributed by atoms with Crippen LogP contribution in [0.1, 0.15) is 187 Å². The van der Waals surface area contributed by atoms with Gasteiger partial charge in [-0.15, -0.1) is 0 Å². The number of unbranched alkanes of at least 4 members (excludes halogenated alkanes) is 15. The van der Waals surface area contributed by atoms with Gasteiger partial charge < -0.3 is 23.8 Å². The number of carbonyl (C=O) groups excluding carboxylic acids is 2. The number of quaternary nitrogens is 1. The first-order valence-corrected chi connectivity index (χ1v) is 24.6. The van der Waals surface area contributed by atoms with E-state index in [1.54, 1.807) is 0 Å². The van der Waals surface area contributed by atoms with Crippen LogP contribution in [0.2, 0.25) is 0 Å². The van der Waals surface area contributed by atoms with Gasteiger partial charge in [-0.3, -0.25) is 9.59 Å². The molecule has 0 aliphatic rings. The second-order valence-corrected chi connectivity index (χ2v) is 17.4. The molecule has 2 atom stereocenters. The van der Waals surface area contributed by atoms with E-state index in [-0.39, 0.29) is 36.2 Å². The third-order valence-electron chi connectivity index (χ3n) is 10.5. The highest BCUT2D eigenvalue weighted by Gasteiger charge is 2.31. The summed E-state index contributed by atoms with van der Waals surface area (Å²) >= 11 is 0. The minimum absolute atomic E-state index is 0.0394. The molecular formula is C54H92NO7+. The Morgan fingerprint density at radius 3 is 1.29 bits per heavy atom. The lowest BCUT2D eigenvalue weighted by atomic mass is 10.1. The van der Waals surface area contributed by atoms with Crippen molar-refractivity contribution in [3.63, 3.8) is 0 Å². The zero-order chi connectivity index (χ0) is 45.6. The molecule has 0 bridgehead atoms. The summed E-state index contributed by atoms with van der Waals surface area (Å²) in [5.41, 5.74) is 0. The molecule has 354 valence electrons. The van der Waals surface area contributed by atoms with Crippen molar-refractivity contribution in [2.45, 2.75) is 199 Å². The fourth-order valence-corrected chi connectivity index (χ4v) is 6.67. The molecule has 8 nitrogen and oxygen atoms in total. The minimum atomic E-state index is -0.885. The molecule has 1 N–H and O–H groups in total. The number of nitrogens with zero attached hydrogens (tertiary/aromatic N) is 1. The third kappa shape index (κ3) is 41.8. The molecule has 0 spiro atoms. The summed E-state index contributed by atoms with van der Waals surface area (Å²) in [4.78, 5) is 37.1. The molecule has 0 aliphatic heterocycles. The van der Waals surface area contributed by atoms with Crippen LogP contribution in [-0.2, 0) is 28.6 Å². The lowest BCUT2D eigenvalue weighted by Crippen LogP contribution is -2.50. The van der Waals surface area contributed by atoms with E-state index in [4.69, 9.17) is 14.2 Å². The van der Waals surface area contributed by atoms with Crippen molar-refractivity contribution in [2.75, 3.05) is 41.0 Å². The topological polar surface area (TPSA) is 99.1 Å². The van der Waals surface area contributed by atoms with E-state index in [0.29, 0.717) is 25.7 Å². The standard InChI is InChI=1S/C54H91NO7/c1-6-8-10-12-14-16-18-20-22-24-25-26-27-29-30-32-34-36-38-40-42-44-52(56)61-49-50(48-60-47-46-51(54(58)59)55(3,4)5)62-53(57)45-43-41-39-37-35-33-31-28-23-21-19-17-15-13-11-9-7-2/h14-17,20-23,25-26,29-30,34,36,50-51H,6-13,18-19,24,27-28,31-33,35,37-49H2,1-5H3/p+1/b16-14+,17-15+,22-20+,23-21+,26-25+,30-29+,36-34+. The van der Waals surface area contributed by atoms with Gasteiger partial charge in [-0.1, -0.05) is 157 Å². The van der Waals surface area contributed by atoms with E-state index in [2.05, 4.69) is 98.9 Å². The van der Waals surface area contributed by atoms with Gasteiger partial charge in [-0.2, -0.15) is 0 Å². The van der Waals surface area contributed by atoms with Crippen LogP contribution in [0.15, 0.2) is 85.1 Å². The zero-order valence-electron chi connectivity index (χ0n) is 40.3. The number of likely N-dealkylation sites (N-methyl/N-ethyl adjacent to an activating group) is 1. The zero-order valence-corrected chi connectivity index (χ0v) is 40.3. The van der Waals surface area contributed by atoms with Crippen molar-refractivity contribution in [1.29, 1.82) is 0 Å². The minimum Gasteiger partial charge on any atom is -0.477 e. The summed E-state index contributed by atoms with van der Waals surface area (Å²) in [7, 11) is 5.51. The molecule has 0 fully saturated rings. The SMILES string of the molecule is CCCCC/C=C/C/C=C/C/C=C/C/C=C/C/C=C/CCCCC(=O)OCC(COCCC(C(=O)O)[N+](C)(C)C)OC(=O)CCCCCCCCC/C=C/C/C=C/CCCCC. The van der Waals surface area contributed by atoms with Crippen LogP contribution in [0.5, 0.6) is 0 Å². The number of carboxylic acids is 1. The summed E-state index contributed by atoms with van der Waals surface area (Å²) < 4.78 is 17.3. The molecule has 0 saturated carbocycles. The third-order valence-corrected chi connectivity index (χ3v) is 10.5. The molecule has 0 heterocycles. The molecular weight excluding hydrogens is 775 g/mol. The maximum atomic E-state index is 12.8. The fraction of sp³-hybridized carbons (Fsp3) is 0.685. The van der Waals surface area contributed by atoms with Gasteiger partial charge in [0.2, 0.25) is 0 Å². The molecule has 0 amide bonds. The van der Waals surface area contributed by atoms with Crippen LogP contribution in [0.3, 0.4) is 0 Å². The molecule has 2 unspecified atom stereocenters. The van der Waals surface area contributed by atoms with E-state index in [1.165, 1.54) is 77.0 Å². The maximum Gasteiger partial charge on any atom is 0.362 e. The highest BCUT2D eigenvalue weighted by Crippen LogP contribution is 2.13. The molecule has 0 aromatic rings. The van der Waals surface area contributed by atoms with Crippen molar-refractivity contribution >= 4 is 17.9 Å². The van der Waals surface area contributed by atoms with Crippen molar-refractivity contribution in [3.8, 4) is 0 Å². The summed E-state index contributed by atoms with van der Waals surface area (Å²) in [5.74, 6) is -1.54. The van der Waals surface area contributed by atoms with Gasteiger partial charge in [0, 0.05) is 19.3 Å². The lowest BCUT2D eigenvalue weighted by Gasteiger charge is -2.31. The number of esters is 2. The average Bonchev–Trinajstić information content (AvgIpc) is 3.23. The molecule has 0 radical (unpaired) electrons.